The molecule has 0 fully saturated rings. The molecule has 0 spiro atoms. The van der Waals surface area contributed by atoms with E-state index in [0.717, 1.165) is 10.5 Å². The summed E-state index contributed by atoms with van der Waals surface area (Å²) in [5.74, 6) is -0.617. The SMILES string of the molecule is COC(=O)c1ccc(COC(=O)c2ccc3c(c2)NC(=O)CS3)cc1. The zero-order chi connectivity index (χ0) is 17.8. The molecule has 0 saturated heterocycles. The first-order chi connectivity index (χ1) is 12.1. The average Bonchev–Trinajstić information content (AvgIpc) is 2.65. The summed E-state index contributed by atoms with van der Waals surface area (Å²) in [6, 6.07) is 11.7. The lowest BCUT2D eigenvalue weighted by Crippen LogP contribution is -2.19. The van der Waals surface area contributed by atoms with Crippen LogP contribution in [-0.2, 0) is 20.9 Å². The number of hydrogen-bond acceptors (Lipinski definition) is 6. The minimum Gasteiger partial charge on any atom is -0.465 e. The van der Waals surface area contributed by atoms with Crippen LogP contribution in [0.3, 0.4) is 0 Å². The third-order valence-electron chi connectivity index (χ3n) is 3.59. The molecule has 1 amide bonds. The van der Waals surface area contributed by atoms with Gasteiger partial charge in [0.2, 0.25) is 5.91 Å². The lowest BCUT2D eigenvalue weighted by molar-refractivity contribution is -0.113. The van der Waals surface area contributed by atoms with Crippen molar-refractivity contribution in [1.29, 1.82) is 0 Å². The number of carbonyl (C=O) groups is 3. The number of esters is 2. The van der Waals surface area contributed by atoms with Crippen LogP contribution < -0.4 is 5.32 Å². The van der Waals surface area contributed by atoms with E-state index in [0.29, 0.717) is 22.6 Å². The minimum absolute atomic E-state index is 0.0818. The Kier molecular flexibility index (Phi) is 5.04. The van der Waals surface area contributed by atoms with Gasteiger partial charge in [-0.25, -0.2) is 9.59 Å². The zero-order valence-electron chi connectivity index (χ0n) is 13.4. The van der Waals surface area contributed by atoms with E-state index in [-0.39, 0.29) is 12.5 Å². The van der Waals surface area contributed by atoms with E-state index in [1.54, 1.807) is 42.5 Å². The first-order valence-corrected chi connectivity index (χ1v) is 8.46. The number of anilines is 1. The second-order valence-electron chi connectivity index (χ2n) is 5.31. The number of thioether (sulfide) groups is 1. The first kappa shape index (κ1) is 17.0. The van der Waals surface area contributed by atoms with Gasteiger partial charge in [0.15, 0.2) is 0 Å². The normalized spacial score (nSPS) is 12.8. The van der Waals surface area contributed by atoms with Gasteiger partial charge in [0.05, 0.1) is 29.7 Å². The van der Waals surface area contributed by atoms with Crippen LogP contribution in [0.2, 0.25) is 0 Å². The molecule has 7 heteroatoms. The molecule has 0 aromatic heterocycles. The summed E-state index contributed by atoms with van der Waals surface area (Å²) in [5, 5.41) is 2.74. The zero-order valence-corrected chi connectivity index (χ0v) is 14.2. The van der Waals surface area contributed by atoms with Crippen LogP contribution in [0.25, 0.3) is 0 Å². The number of ether oxygens (including phenoxy) is 2. The molecule has 3 rings (SSSR count). The Morgan fingerprint density at radius 3 is 2.52 bits per heavy atom. The summed E-state index contributed by atoms with van der Waals surface area (Å²) in [4.78, 5) is 35.9. The fourth-order valence-corrected chi connectivity index (χ4v) is 3.09. The van der Waals surface area contributed by atoms with E-state index in [1.165, 1.54) is 18.9 Å². The van der Waals surface area contributed by atoms with Crippen LogP contribution in [0.15, 0.2) is 47.4 Å². The molecule has 1 aliphatic rings. The lowest BCUT2D eigenvalue weighted by atomic mass is 10.1. The first-order valence-electron chi connectivity index (χ1n) is 7.48. The third kappa shape index (κ3) is 4.00. The summed E-state index contributed by atoms with van der Waals surface area (Å²) in [5.41, 5.74) is 2.18. The summed E-state index contributed by atoms with van der Waals surface area (Å²) >= 11 is 1.43. The van der Waals surface area contributed by atoms with E-state index in [9.17, 15) is 14.4 Å². The Bertz CT molecular complexity index is 832. The van der Waals surface area contributed by atoms with Gasteiger partial charge in [-0.3, -0.25) is 4.79 Å². The van der Waals surface area contributed by atoms with Crippen LogP contribution >= 0.6 is 11.8 Å². The Balaban J connectivity index is 1.64. The summed E-state index contributed by atoms with van der Waals surface area (Å²) in [6.07, 6.45) is 0. The van der Waals surface area contributed by atoms with Crippen LogP contribution in [0.4, 0.5) is 5.69 Å². The molecule has 0 radical (unpaired) electrons. The Labute approximate surface area is 148 Å². The minimum atomic E-state index is -0.482. The molecule has 1 N–H and O–H groups in total. The summed E-state index contributed by atoms with van der Waals surface area (Å²) in [6.45, 7) is 0.0818. The standard InChI is InChI=1S/C18H15NO5S/c1-23-17(21)12-4-2-11(3-5-12)9-24-18(22)13-6-7-15-14(8-13)19-16(20)10-25-15/h2-8H,9-10H2,1H3,(H,19,20). The van der Waals surface area contributed by atoms with Crippen molar-refractivity contribution in [3.8, 4) is 0 Å². The van der Waals surface area contributed by atoms with Gasteiger partial charge in [0, 0.05) is 4.90 Å². The second kappa shape index (κ2) is 7.40. The van der Waals surface area contributed by atoms with E-state index in [4.69, 9.17) is 4.74 Å². The summed E-state index contributed by atoms with van der Waals surface area (Å²) < 4.78 is 9.91. The van der Waals surface area contributed by atoms with Gasteiger partial charge in [-0.15, -0.1) is 11.8 Å². The molecule has 0 bridgehead atoms. The molecule has 2 aromatic rings. The maximum absolute atomic E-state index is 12.2. The fourth-order valence-electron chi connectivity index (χ4n) is 2.30. The van der Waals surface area contributed by atoms with Crippen LogP contribution in [0.5, 0.6) is 0 Å². The van der Waals surface area contributed by atoms with E-state index in [1.807, 2.05) is 0 Å². The van der Waals surface area contributed by atoms with E-state index in [2.05, 4.69) is 10.1 Å². The monoisotopic (exact) mass is 357 g/mol. The number of methoxy groups -OCH3 is 1. The second-order valence-corrected chi connectivity index (χ2v) is 6.33. The molecular weight excluding hydrogens is 342 g/mol. The highest BCUT2D eigenvalue weighted by Crippen LogP contribution is 2.32. The van der Waals surface area contributed by atoms with Gasteiger partial charge in [0.25, 0.3) is 0 Å². The fraction of sp³-hybridized carbons (Fsp3) is 0.167. The van der Waals surface area contributed by atoms with Gasteiger partial charge < -0.3 is 14.8 Å². The number of amides is 1. The molecule has 0 atom stereocenters. The number of fused-ring (bicyclic) bond motifs is 1. The van der Waals surface area contributed by atoms with Gasteiger partial charge in [0.1, 0.15) is 6.61 Å². The molecule has 2 aromatic carbocycles. The quantitative estimate of drug-likeness (QED) is 0.848. The number of benzene rings is 2. The Morgan fingerprint density at radius 2 is 1.80 bits per heavy atom. The van der Waals surface area contributed by atoms with Crippen molar-refractivity contribution in [3.05, 3.63) is 59.2 Å². The highest BCUT2D eigenvalue weighted by atomic mass is 32.2. The summed E-state index contributed by atoms with van der Waals surface area (Å²) in [7, 11) is 1.32. The van der Waals surface area contributed by atoms with Crippen molar-refractivity contribution < 1.29 is 23.9 Å². The smallest absolute Gasteiger partial charge is 0.338 e. The molecule has 6 nitrogen and oxygen atoms in total. The third-order valence-corrected chi connectivity index (χ3v) is 4.67. The van der Waals surface area contributed by atoms with Crippen LogP contribution in [0, 0.1) is 0 Å². The molecule has 1 aliphatic heterocycles. The maximum Gasteiger partial charge on any atom is 0.338 e. The largest absolute Gasteiger partial charge is 0.465 e. The van der Waals surface area contributed by atoms with Gasteiger partial charge in [-0.2, -0.15) is 0 Å². The number of nitrogens with one attached hydrogen (secondary N) is 1. The topological polar surface area (TPSA) is 81.7 Å². The van der Waals surface area contributed by atoms with E-state index < -0.39 is 11.9 Å². The van der Waals surface area contributed by atoms with Crippen molar-refractivity contribution in [3.63, 3.8) is 0 Å². The highest BCUT2D eigenvalue weighted by molar-refractivity contribution is 8.00. The molecule has 0 aliphatic carbocycles. The molecule has 0 saturated carbocycles. The Hall–Kier alpha value is -2.80. The van der Waals surface area contributed by atoms with Crippen LogP contribution in [-0.4, -0.2) is 30.7 Å². The van der Waals surface area contributed by atoms with Crippen molar-refractivity contribution in [2.45, 2.75) is 11.5 Å². The molecule has 1 heterocycles. The van der Waals surface area contributed by atoms with Gasteiger partial charge >= 0.3 is 11.9 Å². The van der Waals surface area contributed by atoms with Crippen molar-refractivity contribution in [2.75, 3.05) is 18.2 Å². The molecule has 25 heavy (non-hydrogen) atoms. The van der Waals surface area contributed by atoms with Crippen molar-refractivity contribution in [2.24, 2.45) is 0 Å². The van der Waals surface area contributed by atoms with Gasteiger partial charge in [-0.05, 0) is 35.9 Å². The van der Waals surface area contributed by atoms with Crippen molar-refractivity contribution in [1.82, 2.24) is 0 Å². The molecule has 128 valence electrons. The number of carbonyl (C=O) groups excluding carboxylic acids is 3. The molecule has 0 unspecified atom stereocenters. The Morgan fingerprint density at radius 1 is 1.08 bits per heavy atom. The van der Waals surface area contributed by atoms with E-state index >= 15 is 0 Å². The number of hydrogen-bond donors (Lipinski definition) is 1. The van der Waals surface area contributed by atoms with Gasteiger partial charge in [-0.1, -0.05) is 12.1 Å². The molecular formula is C18H15NO5S. The number of rotatable bonds is 4. The predicted octanol–water partition coefficient (Wildman–Crippen LogP) is 2.87. The highest BCUT2D eigenvalue weighted by Gasteiger charge is 2.18. The maximum atomic E-state index is 12.2. The van der Waals surface area contributed by atoms with Crippen molar-refractivity contribution >= 4 is 35.3 Å². The lowest BCUT2D eigenvalue weighted by Gasteiger charge is -2.16. The van der Waals surface area contributed by atoms with Crippen LogP contribution in [0.1, 0.15) is 26.3 Å². The average molecular weight is 357 g/mol. The predicted molar refractivity (Wildman–Crippen MR) is 92.7 cm³/mol.